The summed E-state index contributed by atoms with van der Waals surface area (Å²) in [5.74, 6) is 1.84. The van der Waals surface area contributed by atoms with E-state index in [9.17, 15) is 0 Å². The van der Waals surface area contributed by atoms with Gasteiger partial charge in [0.15, 0.2) is 0 Å². The number of para-hydroxylation sites is 1. The molecule has 0 amide bonds. The van der Waals surface area contributed by atoms with Crippen molar-refractivity contribution in [1.82, 2.24) is 9.38 Å². The summed E-state index contributed by atoms with van der Waals surface area (Å²) in [6, 6.07) is 14.0. The molecule has 0 unspecified atom stereocenters. The summed E-state index contributed by atoms with van der Waals surface area (Å²) < 4.78 is 7.49. The van der Waals surface area contributed by atoms with Crippen molar-refractivity contribution in [2.45, 2.75) is 26.3 Å². The highest BCUT2D eigenvalue weighted by molar-refractivity contribution is 5.77. The van der Waals surface area contributed by atoms with Crippen molar-refractivity contribution < 1.29 is 4.74 Å². The summed E-state index contributed by atoms with van der Waals surface area (Å²) in [5, 5.41) is 3.56. The Kier molecular flexibility index (Phi) is 4.30. The van der Waals surface area contributed by atoms with Gasteiger partial charge in [0.25, 0.3) is 0 Å². The molecule has 4 nitrogen and oxygen atoms in total. The third-order valence-corrected chi connectivity index (χ3v) is 3.61. The highest BCUT2D eigenvalue weighted by Crippen LogP contribution is 2.25. The van der Waals surface area contributed by atoms with Crippen LogP contribution in [0, 0.1) is 0 Å². The first-order valence-electron chi connectivity index (χ1n) is 8.04. The van der Waals surface area contributed by atoms with Crippen molar-refractivity contribution in [1.29, 1.82) is 0 Å². The van der Waals surface area contributed by atoms with Crippen LogP contribution < -0.4 is 10.1 Å². The Bertz CT molecular complexity index is 872. The Morgan fingerprint density at radius 2 is 1.79 bits per heavy atom. The molecule has 0 spiro atoms. The lowest BCUT2D eigenvalue weighted by atomic mass is 10.1. The van der Waals surface area contributed by atoms with Gasteiger partial charge in [0, 0.05) is 17.3 Å². The second kappa shape index (κ2) is 6.40. The number of hydrogen-bond acceptors (Lipinski definition) is 3. The van der Waals surface area contributed by atoms with E-state index in [-0.39, 0.29) is 5.54 Å². The van der Waals surface area contributed by atoms with Gasteiger partial charge >= 0.3 is 0 Å². The molecular formula is C20H23N3O. The van der Waals surface area contributed by atoms with E-state index in [2.05, 4.69) is 30.5 Å². The lowest BCUT2D eigenvalue weighted by Gasteiger charge is -2.22. The molecule has 0 aliphatic heterocycles. The van der Waals surface area contributed by atoms with Gasteiger partial charge in [-0.25, -0.2) is 4.98 Å². The number of imidazole rings is 1. The summed E-state index contributed by atoms with van der Waals surface area (Å²) in [7, 11) is 1.68. The number of ether oxygens (including phenoxy) is 1. The number of fused-ring (bicyclic) bond motifs is 1. The van der Waals surface area contributed by atoms with Crippen LogP contribution in [0.5, 0.6) is 5.75 Å². The minimum Gasteiger partial charge on any atom is -0.496 e. The van der Waals surface area contributed by atoms with E-state index < -0.39 is 0 Å². The average molecular weight is 321 g/mol. The van der Waals surface area contributed by atoms with Crippen LogP contribution in [0.25, 0.3) is 17.8 Å². The van der Waals surface area contributed by atoms with Crippen molar-refractivity contribution in [2.75, 3.05) is 12.4 Å². The van der Waals surface area contributed by atoms with Gasteiger partial charge in [-0.15, -0.1) is 0 Å². The lowest BCUT2D eigenvalue weighted by Crippen LogP contribution is -2.27. The van der Waals surface area contributed by atoms with Crippen molar-refractivity contribution in [3.05, 3.63) is 59.9 Å². The molecule has 0 radical (unpaired) electrons. The zero-order valence-electron chi connectivity index (χ0n) is 14.6. The van der Waals surface area contributed by atoms with Crippen LogP contribution in [0.4, 0.5) is 5.82 Å². The Hall–Kier alpha value is -2.75. The number of pyridine rings is 1. The standard InChI is InChI=1S/C20H23N3O/c1-20(2,3)22-19-16(21-18-11-7-8-14-23(18)19)13-12-15-9-5-6-10-17(15)24-4/h5-14,22H,1-4H3/b13-12-. The number of anilines is 1. The molecule has 2 aromatic heterocycles. The first-order chi connectivity index (χ1) is 11.5. The van der Waals surface area contributed by atoms with E-state index in [1.165, 1.54) is 0 Å². The SMILES string of the molecule is COc1ccccc1/C=C\c1nc2ccccn2c1NC(C)(C)C. The number of benzene rings is 1. The fourth-order valence-corrected chi connectivity index (χ4v) is 2.58. The Labute approximate surface area is 142 Å². The van der Waals surface area contributed by atoms with E-state index in [0.717, 1.165) is 28.5 Å². The molecule has 24 heavy (non-hydrogen) atoms. The number of nitrogens with one attached hydrogen (secondary N) is 1. The number of hydrogen-bond donors (Lipinski definition) is 1. The summed E-state index contributed by atoms with van der Waals surface area (Å²) in [5.41, 5.74) is 2.79. The van der Waals surface area contributed by atoms with Gasteiger partial charge in [0.2, 0.25) is 0 Å². The molecule has 1 aromatic carbocycles. The molecule has 4 heteroatoms. The van der Waals surface area contributed by atoms with Crippen LogP contribution in [-0.2, 0) is 0 Å². The maximum atomic E-state index is 5.41. The molecule has 0 atom stereocenters. The van der Waals surface area contributed by atoms with Gasteiger partial charge in [0.05, 0.1) is 7.11 Å². The zero-order valence-corrected chi connectivity index (χ0v) is 14.6. The summed E-state index contributed by atoms with van der Waals surface area (Å²) in [6.45, 7) is 6.43. The van der Waals surface area contributed by atoms with Crippen LogP contribution in [-0.4, -0.2) is 22.0 Å². The molecule has 1 N–H and O–H groups in total. The van der Waals surface area contributed by atoms with Gasteiger partial charge in [-0.1, -0.05) is 24.3 Å². The fourth-order valence-electron chi connectivity index (χ4n) is 2.58. The van der Waals surface area contributed by atoms with Crippen molar-refractivity contribution >= 4 is 23.6 Å². The third kappa shape index (κ3) is 3.43. The first kappa shape index (κ1) is 16.1. The minimum atomic E-state index is -0.0567. The monoisotopic (exact) mass is 321 g/mol. The molecule has 0 saturated heterocycles. The molecule has 3 aromatic rings. The summed E-state index contributed by atoms with van der Waals surface area (Å²) in [4.78, 5) is 4.74. The van der Waals surface area contributed by atoms with Crippen LogP contribution in [0.15, 0.2) is 48.7 Å². The first-order valence-corrected chi connectivity index (χ1v) is 8.04. The fraction of sp³-hybridized carbons (Fsp3) is 0.250. The number of nitrogens with zero attached hydrogens (tertiary/aromatic N) is 2. The van der Waals surface area contributed by atoms with E-state index in [1.54, 1.807) is 7.11 Å². The molecule has 0 aliphatic carbocycles. The van der Waals surface area contributed by atoms with Gasteiger partial charge in [-0.3, -0.25) is 4.40 Å². The van der Waals surface area contributed by atoms with E-state index in [4.69, 9.17) is 9.72 Å². The Balaban J connectivity index is 2.05. The van der Waals surface area contributed by atoms with Crippen molar-refractivity contribution in [3.63, 3.8) is 0 Å². The maximum Gasteiger partial charge on any atom is 0.139 e. The van der Waals surface area contributed by atoms with Gasteiger partial charge in [-0.05, 0) is 51.1 Å². The van der Waals surface area contributed by atoms with Crippen molar-refractivity contribution in [2.24, 2.45) is 0 Å². The zero-order chi connectivity index (χ0) is 17.2. The quantitative estimate of drug-likeness (QED) is 0.755. The van der Waals surface area contributed by atoms with Crippen LogP contribution in [0.1, 0.15) is 32.0 Å². The van der Waals surface area contributed by atoms with Gasteiger partial charge < -0.3 is 10.1 Å². The van der Waals surface area contributed by atoms with E-state index in [1.807, 2.05) is 60.8 Å². The summed E-state index contributed by atoms with van der Waals surface area (Å²) in [6.07, 6.45) is 6.09. The minimum absolute atomic E-state index is 0.0567. The molecule has 3 rings (SSSR count). The van der Waals surface area contributed by atoms with Crippen LogP contribution >= 0.6 is 0 Å². The van der Waals surface area contributed by atoms with Gasteiger partial charge in [-0.2, -0.15) is 0 Å². The van der Waals surface area contributed by atoms with Crippen LogP contribution in [0.2, 0.25) is 0 Å². The maximum absolute atomic E-state index is 5.41. The number of rotatable bonds is 4. The molecule has 0 bridgehead atoms. The molecular weight excluding hydrogens is 298 g/mol. The van der Waals surface area contributed by atoms with Crippen molar-refractivity contribution in [3.8, 4) is 5.75 Å². The van der Waals surface area contributed by atoms with Crippen LogP contribution in [0.3, 0.4) is 0 Å². The normalized spacial score (nSPS) is 12.0. The molecule has 2 heterocycles. The number of aromatic nitrogens is 2. The van der Waals surface area contributed by atoms with Gasteiger partial charge in [0.1, 0.15) is 22.9 Å². The molecule has 124 valence electrons. The second-order valence-electron chi connectivity index (χ2n) is 6.72. The highest BCUT2D eigenvalue weighted by atomic mass is 16.5. The highest BCUT2D eigenvalue weighted by Gasteiger charge is 2.16. The van der Waals surface area contributed by atoms with E-state index >= 15 is 0 Å². The smallest absolute Gasteiger partial charge is 0.139 e. The summed E-state index contributed by atoms with van der Waals surface area (Å²) >= 11 is 0. The molecule has 0 saturated carbocycles. The lowest BCUT2D eigenvalue weighted by molar-refractivity contribution is 0.414. The third-order valence-electron chi connectivity index (χ3n) is 3.61. The predicted octanol–water partition coefficient (Wildman–Crippen LogP) is 4.72. The Morgan fingerprint density at radius 3 is 2.54 bits per heavy atom. The topological polar surface area (TPSA) is 38.6 Å². The van der Waals surface area contributed by atoms with E-state index in [0.29, 0.717) is 0 Å². The predicted molar refractivity (Wildman–Crippen MR) is 100 cm³/mol. The molecule has 0 aliphatic rings. The number of methoxy groups -OCH3 is 1. The second-order valence-corrected chi connectivity index (χ2v) is 6.72. The average Bonchev–Trinajstić information content (AvgIpc) is 2.89. The largest absolute Gasteiger partial charge is 0.496 e. The molecule has 0 fully saturated rings. The Morgan fingerprint density at radius 1 is 1.04 bits per heavy atom.